The van der Waals surface area contributed by atoms with Gasteiger partial charge in [0.15, 0.2) is 0 Å². The van der Waals surface area contributed by atoms with E-state index in [1.54, 1.807) is 31.2 Å². The van der Waals surface area contributed by atoms with Crippen LogP contribution in [0.2, 0.25) is 0 Å². The van der Waals surface area contributed by atoms with E-state index in [0.717, 1.165) is 0 Å². The van der Waals surface area contributed by atoms with E-state index in [1.165, 1.54) is 24.3 Å². The second-order valence-corrected chi connectivity index (χ2v) is 4.67. The van der Waals surface area contributed by atoms with E-state index in [0.29, 0.717) is 16.8 Å². The fourth-order valence-corrected chi connectivity index (χ4v) is 1.86. The smallest absolute Gasteiger partial charge is 0.338 e. The number of nitrogens with one attached hydrogen (secondary N) is 1. The third-order valence-electron chi connectivity index (χ3n) is 3.01. The van der Waals surface area contributed by atoms with Gasteiger partial charge in [-0.15, -0.1) is 0 Å². The molecule has 0 radical (unpaired) electrons. The monoisotopic (exact) mass is 302 g/mol. The Hall–Kier alpha value is -2.89. The summed E-state index contributed by atoms with van der Waals surface area (Å²) >= 11 is 0. The zero-order valence-electron chi connectivity index (χ0n) is 11.9. The molecule has 0 unspecified atom stereocenters. The Bertz CT molecular complexity index is 669. The normalized spacial score (nSPS) is 11.5. The summed E-state index contributed by atoms with van der Waals surface area (Å²) in [6.45, 7) is 1.70. The molecule has 2 aromatic rings. The summed E-state index contributed by atoms with van der Waals surface area (Å²) in [6, 6.07) is 11.2. The van der Waals surface area contributed by atoms with Crippen molar-refractivity contribution in [2.45, 2.75) is 13.0 Å². The van der Waals surface area contributed by atoms with Crippen LogP contribution in [-0.4, -0.2) is 12.0 Å². The van der Waals surface area contributed by atoms with Gasteiger partial charge in [0.2, 0.25) is 0 Å². The van der Waals surface area contributed by atoms with Crippen molar-refractivity contribution in [3.05, 3.63) is 65.5 Å². The van der Waals surface area contributed by atoms with Crippen LogP contribution in [0.15, 0.2) is 48.5 Å². The summed E-state index contributed by atoms with van der Waals surface area (Å²) < 4.78 is 18.2. The number of carbonyl (C=O) groups excluding carboxylic acids is 2. The number of amides is 2. The molecule has 0 heterocycles. The molecule has 0 saturated carbocycles. The molecule has 0 aromatic heterocycles. The summed E-state index contributed by atoms with van der Waals surface area (Å²) in [5.74, 6) is -0.859. The highest BCUT2D eigenvalue weighted by atomic mass is 19.1. The van der Waals surface area contributed by atoms with Gasteiger partial charge in [-0.05, 0) is 48.9 Å². The third kappa shape index (κ3) is 4.05. The number of halogens is 1. The number of ether oxygens (including phenoxy) is 1. The van der Waals surface area contributed by atoms with Crippen LogP contribution in [0.5, 0.6) is 0 Å². The Kier molecular flexibility index (Phi) is 4.73. The SMILES string of the molecule is C[C@@H](OC(=O)c1ccc(NC(N)=O)cc1)c1ccc(F)cc1. The Labute approximate surface area is 126 Å². The standard InChI is InChI=1S/C16H15FN2O3/c1-10(11-2-6-13(17)7-3-11)22-15(20)12-4-8-14(9-5-12)19-16(18)21/h2-10H,1H3,(H3,18,19,21)/t10-/m1/s1. The number of benzene rings is 2. The van der Waals surface area contributed by atoms with Crippen LogP contribution in [0.3, 0.4) is 0 Å². The van der Waals surface area contributed by atoms with Crippen molar-refractivity contribution in [2.24, 2.45) is 5.73 Å². The molecule has 22 heavy (non-hydrogen) atoms. The van der Waals surface area contributed by atoms with Crippen LogP contribution >= 0.6 is 0 Å². The molecule has 2 rings (SSSR count). The average Bonchev–Trinajstić information content (AvgIpc) is 2.48. The number of rotatable bonds is 4. The van der Waals surface area contributed by atoms with Crippen LogP contribution in [0, 0.1) is 5.82 Å². The number of primary amides is 1. The van der Waals surface area contributed by atoms with E-state index < -0.39 is 18.1 Å². The zero-order valence-corrected chi connectivity index (χ0v) is 11.9. The second kappa shape index (κ2) is 6.71. The molecule has 0 saturated heterocycles. The molecule has 5 nitrogen and oxygen atoms in total. The van der Waals surface area contributed by atoms with Gasteiger partial charge >= 0.3 is 12.0 Å². The van der Waals surface area contributed by atoms with Gasteiger partial charge in [0.05, 0.1) is 5.56 Å². The fraction of sp³-hybridized carbons (Fsp3) is 0.125. The van der Waals surface area contributed by atoms with Gasteiger partial charge in [0.25, 0.3) is 0 Å². The predicted octanol–water partition coefficient (Wildman–Crippen LogP) is 3.23. The molecule has 0 aliphatic carbocycles. The van der Waals surface area contributed by atoms with Crippen LogP contribution in [-0.2, 0) is 4.74 Å². The molecule has 0 fully saturated rings. The molecule has 114 valence electrons. The van der Waals surface area contributed by atoms with E-state index >= 15 is 0 Å². The molecule has 0 spiro atoms. The number of anilines is 1. The van der Waals surface area contributed by atoms with E-state index in [-0.39, 0.29) is 5.82 Å². The minimum absolute atomic E-state index is 0.337. The highest BCUT2D eigenvalue weighted by Gasteiger charge is 2.13. The maximum absolute atomic E-state index is 12.9. The summed E-state index contributed by atoms with van der Waals surface area (Å²) in [7, 11) is 0. The molecular formula is C16H15FN2O3. The van der Waals surface area contributed by atoms with Crippen LogP contribution < -0.4 is 11.1 Å². The van der Waals surface area contributed by atoms with Crippen molar-refractivity contribution in [3.63, 3.8) is 0 Å². The Balaban J connectivity index is 2.02. The van der Waals surface area contributed by atoms with Gasteiger partial charge in [-0.2, -0.15) is 0 Å². The first kappa shape index (κ1) is 15.5. The topological polar surface area (TPSA) is 81.4 Å². The Morgan fingerprint density at radius 2 is 1.68 bits per heavy atom. The first-order chi connectivity index (χ1) is 10.5. The fourth-order valence-electron chi connectivity index (χ4n) is 1.86. The first-order valence-electron chi connectivity index (χ1n) is 6.58. The molecule has 0 bridgehead atoms. The second-order valence-electron chi connectivity index (χ2n) is 4.67. The van der Waals surface area contributed by atoms with Crippen molar-refractivity contribution >= 4 is 17.7 Å². The molecule has 2 aromatic carbocycles. The first-order valence-corrected chi connectivity index (χ1v) is 6.58. The molecule has 6 heteroatoms. The number of hydrogen-bond acceptors (Lipinski definition) is 3. The molecule has 0 aliphatic heterocycles. The maximum atomic E-state index is 12.9. The third-order valence-corrected chi connectivity index (χ3v) is 3.01. The maximum Gasteiger partial charge on any atom is 0.338 e. The van der Waals surface area contributed by atoms with Crippen LogP contribution in [0.1, 0.15) is 28.9 Å². The average molecular weight is 302 g/mol. The lowest BCUT2D eigenvalue weighted by Crippen LogP contribution is -2.19. The lowest BCUT2D eigenvalue weighted by Gasteiger charge is -2.13. The molecule has 0 aliphatic rings. The number of urea groups is 1. The largest absolute Gasteiger partial charge is 0.454 e. The quantitative estimate of drug-likeness (QED) is 0.851. The summed E-state index contributed by atoms with van der Waals surface area (Å²) in [5.41, 5.74) is 6.51. The van der Waals surface area contributed by atoms with Gasteiger partial charge in [-0.1, -0.05) is 12.1 Å². The minimum atomic E-state index is -0.680. The lowest BCUT2D eigenvalue weighted by molar-refractivity contribution is 0.0338. The van der Waals surface area contributed by atoms with Gasteiger partial charge in [0.1, 0.15) is 11.9 Å². The van der Waals surface area contributed by atoms with Gasteiger partial charge in [-0.3, -0.25) is 0 Å². The highest BCUT2D eigenvalue weighted by molar-refractivity contribution is 5.91. The summed E-state index contributed by atoms with van der Waals surface area (Å²) in [6.07, 6.45) is -0.503. The Morgan fingerprint density at radius 3 is 2.23 bits per heavy atom. The zero-order chi connectivity index (χ0) is 16.1. The number of esters is 1. The van der Waals surface area contributed by atoms with Gasteiger partial charge in [-0.25, -0.2) is 14.0 Å². The van der Waals surface area contributed by atoms with Crippen molar-refractivity contribution in [1.29, 1.82) is 0 Å². The van der Waals surface area contributed by atoms with Crippen molar-refractivity contribution in [3.8, 4) is 0 Å². The molecule has 1 atom stereocenters. The lowest BCUT2D eigenvalue weighted by atomic mass is 10.1. The predicted molar refractivity (Wildman–Crippen MR) is 79.9 cm³/mol. The summed E-state index contributed by atoms with van der Waals surface area (Å²) in [4.78, 5) is 22.7. The summed E-state index contributed by atoms with van der Waals surface area (Å²) in [5, 5.41) is 2.39. The van der Waals surface area contributed by atoms with Crippen LogP contribution in [0.4, 0.5) is 14.9 Å². The van der Waals surface area contributed by atoms with E-state index in [9.17, 15) is 14.0 Å². The molecular weight excluding hydrogens is 287 g/mol. The van der Waals surface area contributed by atoms with Crippen molar-refractivity contribution in [1.82, 2.24) is 0 Å². The number of carbonyl (C=O) groups is 2. The van der Waals surface area contributed by atoms with Gasteiger partial charge in [0, 0.05) is 5.69 Å². The van der Waals surface area contributed by atoms with Crippen LogP contribution in [0.25, 0.3) is 0 Å². The van der Waals surface area contributed by atoms with E-state index in [4.69, 9.17) is 10.5 Å². The number of hydrogen-bond donors (Lipinski definition) is 2. The van der Waals surface area contributed by atoms with E-state index in [1.807, 2.05) is 0 Å². The Morgan fingerprint density at radius 1 is 1.09 bits per heavy atom. The van der Waals surface area contributed by atoms with Gasteiger partial charge < -0.3 is 15.8 Å². The van der Waals surface area contributed by atoms with Crippen molar-refractivity contribution < 1.29 is 18.7 Å². The molecule has 2 amide bonds. The molecule has 3 N–H and O–H groups in total. The highest BCUT2D eigenvalue weighted by Crippen LogP contribution is 2.19. The van der Waals surface area contributed by atoms with Crippen molar-refractivity contribution in [2.75, 3.05) is 5.32 Å². The number of nitrogens with two attached hydrogens (primary N) is 1. The minimum Gasteiger partial charge on any atom is -0.454 e. The van der Waals surface area contributed by atoms with E-state index in [2.05, 4.69) is 5.32 Å².